The van der Waals surface area contributed by atoms with Crippen LogP contribution in [0.2, 0.25) is 5.02 Å². The smallest absolute Gasteiger partial charge is 0.251 e. The highest BCUT2D eigenvalue weighted by Crippen LogP contribution is 2.34. The van der Waals surface area contributed by atoms with Crippen molar-refractivity contribution in [2.75, 3.05) is 0 Å². The first-order valence-electron chi connectivity index (χ1n) is 11.5. The van der Waals surface area contributed by atoms with E-state index in [9.17, 15) is 14.3 Å². The van der Waals surface area contributed by atoms with Crippen molar-refractivity contribution >= 4 is 28.4 Å². The molecule has 0 radical (unpaired) electrons. The van der Waals surface area contributed by atoms with Crippen LogP contribution in [0.3, 0.4) is 0 Å². The van der Waals surface area contributed by atoms with Gasteiger partial charge in [0.05, 0.1) is 28.4 Å². The highest BCUT2D eigenvalue weighted by atomic mass is 35.5. The van der Waals surface area contributed by atoms with Crippen LogP contribution in [0.25, 0.3) is 27.8 Å². The highest BCUT2D eigenvalue weighted by Gasteiger charge is 2.21. The molecule has 180 valence electrons. The van der Waals surface area contributed by atoms with Crippen LogP contribution in [0.1, 0.15) is 28.9 Å². The summed E-state index contributed by atoms with van der Waals surface area (Å²) in [6.07, 6.45) is -0.851. The molecule has 5 aromatic rings. The summed E-state index contributed by atoms with van der Waals surface area (Å²) >= 11 is 6.47. The number of amides is 1. The lowest BCUT2D eigenvalue weighted by Gasteiger charge is -2.20. The number of halogens is 2. The molecule has 5 nitrogen and oxygen atoms in total. The Morgan fingerprint density at radius 2 is 1.67 bits per heavy atom. The van der Waals surface area contributed by atoms with Crippen LogP contribution in [0.5, 0.6) is 0 Å². The fourth-order valence-electron chi connectivity index (χ4n) is 4.20. The number of nitrogens with one attached hydrogen (secondary N) is 1. The van der Waals surface area contributed by atoms with E-state index in [1.807, 2.05) is 54.6 Å². The summed E-state index contributed by atoms with van der Waals surface area (Å²) in [5, 5.41) is 19.7. The number of rotatable bonds is 6. The molecule has 0 fully saturated rings. The molecule has 4 aromatic carbocycles. The molecule has 1 aromatic heterocycles. The number of hydrogen-bond donors (Lipinski definition) is 2. The summed E-state index contributed by atoms with van der Waals surface area (Å²) in [7, 11) is 0. The molecule has 0 spiro atoms. The summed E-state index contributed by atoms with van der Waals surface area (Å²) in [4.78, 5) is 13.1. The van der Waals surface area contributed by atoms with Gasteiger partial charge in [0, 0.05) is 16.5 Å². The van der Waals surface area contributed by atoms with Crippen molar-refractivity contribution in [3.63, 3.8) is 0 Å². The van der Waals surface area contributed by atoms with Gasteiger partial charge in [-0.15, -0.1) is 0 Å². The molecule has 1 amide bonds. The zero-order chi connectivity index (χ0) is 25.2. The minimum atomic E-state index is -0.851. The lowest BCUT2D eigenvalue weighted by atomic mass is 10.0. The van der Waals surface area contributed by atoms with Gasteiger partial charge in [-0.2, -0.15) is 5.10 Å². The maximum atomic E-state index is 13.6. The van der Waals surface area contributed by atoms with E-state index >= 15 is 0 Å². The Bertz CT molecular complexity index is 1530. The molecule has 36 heavy (non-hydrogen) atoms. The maximum Gasteiger partial charge on any atom is 0.251 e. The lowest BCUT2D eigenvalue weighted by Crippen LogP contribution is -2.37. The van der Waals surface area contributed by atoms with Gasteiger partial charge < -0.3 is 10.4 Å². The Hall–Kier alpha value is -4.00. The van der Waals surface area contributed by atoms with Crippen molar-refractivity contribution in [1.82, 2.24) is 15.1 Å². The van der Waals surface area contributed by atoms with Crippen LogP contribution in [0.4, 0.5) is 4.39 Å². The van der Waals surface area contributed by atoms with E-state index in [0.29, 0.717) is 27.5 Å². The van der Waals surface area contributed by atoms with Gasteiger partial charge in [-0.3, -0.25) is 4.79 Å². The van der Waals surface area contributed by atoms with Crippen molar-refractivity contribution in [3.8, 4) is 16.9 Å². The predicted molar refractivity (Wildman–Crippen MR) is 140 cm³/mol. The number of aromatic nitrogens is 2. The number of benzene rings is 4. The Balaban J connectivity index is 1.54. The average molecular weight is 500 g/mol. The van der Waals surface area contributed by atoms with Crippen LogP contribution in [0.15, 0.2) is 97.1 Å². The van der Waals surface area contributed by atoms with Crippen LogP contribution < -0.4 is 5.32 Å². The van der Waals surface area contributed by atoms with E-state index in [4.69, 9.17) is 16.7 Å². The van der Waals surface area contributed by atoms with Gasteiger partial charge in [0.2, 0.25) is 0 Å². The quantitative estimate of drug-likeness (QED) is 0.286. The number of carbonyl (C=O) groups excluding carboxylic acids is 1. The Kier molecular flexibility index (Phi) is 6.55. The standard InChI is InChI=1S/C29H23ClFN3O2/c1-18(28(35)19-7-3-2-4-8-19)32-29(36)20-11-16-24-26(17-20)34(22-14-12-21(31)13-15-22)33-27(24)23-9-5-6-10-25(23)30/h2-18,28,35H,1H3,(H,32,36)/t18-,28+/m1/s1. The Labute approximate surface area is 212 Å². The van der Waals surface area contributed by atoms with Crippen molar-refractivity contribution in [1.29, 1.82) is 0 Å². The largest absolute Gasteiger partial charge is 0.386 e. The minimum absolute atomic E-state index is 0.328. The topological polar surface area (TPSA) is 67.2 Å². The normalized spacial score (nSPS) is 12.9. The van der Waals surface area contributed by atoms with E-state index in [1.165, 1.54) is 12.1 Å². The molecule has 2 atom stereocenters. The van der Waals surface area contributed by atoms with E-state index in [2.05, 4.69) is 5.32 Å². The first-order valence-corrected chi connectivity index (χ1v) is 11.9. The van der Waals surface area contributed by atoms with Crippen LogP contribution >= 0.6 is 11.6 Å². The SMILES string of the molecule is C[C@@H](NC(=O)c1ccc2c(-c3ccccc3Cl)nn(-c3ccc(F)cc3)c2c1)[C@H](O)c1ccccc1. The van der Waals surface area contributed by atoms with E-state index in [-0.39, 0.29) is 11.7 Å². The number of carbonyl (C=O) groups is 1. The third-order valence-corrected chi connectivity index (χ3v) is 6.45. The second-order valence-electron chi connectivity index (χ2n) is 8.57. The lowest BCUT2D eigenvalue weighted by molar-refractivity contribution is 0.0852. The van der Waals surface area contributed by atoms with E-state index in [0.717, 1.165) is 16.5 Å². The monoisotopic (exact) mass is 499 g/mol. The molecule has 0 aliphatic heterocycles. The molecular formula is C29H23ClFN3O2. The molecule has 0 aliphatic carbocycles. The first-order chi connectivity index (χ1) is 17.4. The van der Waals surface area contributed by atoms with Crippen molar-refractivity contribution in [2.24, 2.45) is 0 Å². The molecule has 0 saturated heterocycles. The predicted octanol–water partition coefficient (Wildman–Crippen LogP) is 6.34. The second-order valence-corrected chi connectivity index (χ2v) is 8.97. The number of fused-ring (bicyclic) bond motifs is 1. The van der Waals surface area contributed by atoms with Crippen molar-refractivity contribution in [2.45, 2.75) is 19.1 Å². The van der Waals surface area contributed by atoms with Crippen LogP contribution in [-0.4, -0.2) is 26.8 Å². The molecule has 7 heteroatoms. The summed E-state index contributed by atoms with van der Waals surface area (Å²) in [6.45, 7) is 1.76. The van der Waals surface area contributed by atoms with Crippen LogP contribution in [-0.2, 0) is 0 Å². The zero-order valence-corrected chi connectivity index (χ0v) is 20.2. The molecular weight excluding hydrogens is 477 g/mol. The minimum Gasteiger partial charge on any atom is -0.386 e. The molecule has 2 N–H and O–H groups in total. The summed E-state index contributed by atoms with van der Waals surface area (Å²) in [5.74, 6) is -0.682. The van der Waals surface area contributed by atoms with Gasteiger partial charge in [-0.1, -0.05) is 60.1 Å². The molecule has 5 rings (SSSR count). The third-order valence-electron chi connectivity index (χ3n) is 6.12. The van der Waals surface area contributed by atoms with Gasteiger partial charge in [0.25, 0.3) is 5.91 Å². The Morgan fingerprint density at radius 1 is 0.972 bits per heavy atom. The molecule has 1 heterocycles. The highest BCUT2D eigenvalue weighted by molar-refractivity contribution is 6.33. The van der Waals surface area contributed by atoms with Gasteiger partial charge in [0.15, 0.2) is 0 Å². The fourth-order valence-corrected chi connectivity index (χ4v) is 4.42. The number of hydrogen-bond acceptors (Lipinski definition) is 3. The zero-order valence-electron chi connectivity index (χ0n) is 19.4. The van der Waals surface area contributed by atoms with Crippen molar-refractivity contribution < 1.29 is 14.3 Å². The first kappa shape index (κ1) is 23.7. The molecule has 0 bridgehead atoms. The van der Waals surface area contributed by atoms with Gasteiger partial charge in [-0.05, 0) is 61.0 Å². The average Bonchev–Trinajstić information content (AvgIpc) is 3.28. The third kappa shape index (κ3) is 4.61. The summed E-state index contributed by atoms with van der Waals surface area (Å²) < 4.78 is 15.3. The fraction of sp³-hybridized carbons (Fsp3) is 0.103. The van der Waals surface area contributed by atoms with E-state index < -0.39 is 12.1 Å². The number of aliphatic hydroxyl groups excluding tert-OH is 1. The van der Waals surface area contributed by atoms with Gasteiger partial charge in [0.1, 0.15) is 11.5 Å². The molecule has 0 saturated carbocycles. The summed E-state index contributed by atoms with van der Waals surface area (Å²) in [5.41, 5.74) is 3.84. The summed E-state index contributed by atoms with van der Waals surface area (Å²) in [6, 6.07) is 27.3. The molecule has 0 aliphatic rings. The number of aliphatic hydroxyl groups is 1. The number of nitrogens with zero attached hydrogens (tertiary/aromatic N) is 2. The van der Waals surface area contributed by atoms with Crippen LogP contribution in [0, 0.1) is 5.82 Å². The van der Waals surface area contributed by atoms with Gasteiger partial charge >= 0.3 is 0 Å². The van der Waals surface area contributed by atoms with Gasteiger partial charge in [-0.25, -0.2) is 9.07 Å². The maximum absolute atomic E-state index is 13.6. The van der Waals surface area contributed by atoms with Crippen molar-refractivity contribution in [3.05, 3.63) is 119 Å². The Morgan fingerprint density at radius 3 is 2.39 bits per heavy atom. The second kappa shape index (κ2) is 9.93. The van der Waals surface area contributed by atoms with E-state index in [1.54, 1.807) is 41.9 Å². The molecule has 0 unspecified atom stereocenters.